The molecule has 86 valence electrons. The van der Waals surface area contributed by atoms with Crippen molar-refractivity contribution in [1.82, 2.24) is 10.3 Å². The van der Waals surface area contributed by atoms with Gasteiger partial charge in [-0.3, -0.25) is 4.98 Å². The van der Waals surface area contributed by atoms with Gasteiger partial charge in [-0.1, -0.05) is 18.2 Å². The van der Waals surface area contributed by atoms with Gasteiger partial charge in [0.05, 0.1) is 6.54 Å². The van der Waals surface area contributed by atoms with Gasteiger partial charge in [-0.25, -0.2) is 4.99 Å². The Morgan fingerprint density at radius 2 is 2.38 bits per heavy atom. The molecule has 0 saturated heterocycles. The highest BCUT2D eigenvalue weighted by atomic mass is 15.1. The van der Waals surface area contributed by atoms with Gasteiger partial charge in [0.15, 0.2) is 5.96 Å². The molecule has 0 bridgehead atoms. The van der Waals surface area contributed by atoms with Crippen LogP contribution < -0.4 is 11.1 Å². The predicted octanol–water partition coefficient (Wildman–Crippen LogP) is 1.10. The second kappa shape index (κ2) is 6.61. The fraction of sp³-hybridized carbons (Fsp3) is 0.333. The van der Waals surface area contributed by atoms with Gasteiger partial charge in [-0.2, -0.15) is 0 Å². The number of aliphatic imine (C=N–C) groups is 1. The van der Waals surface area contributed by atoms with Gasteiger partial charge in [0.25, 0.3) is 0 Å². The van der Waals surface area contributed by atoms with Crippen molar-refractivity contribution in [2.45, 2.75) is 13.3 Å². The molecule has 0 fully saturated rings. The largest absolute Gasteiger partial charge is 0.370 e. The lowest BCUT2D eigenvalue weighted by Crippen LogP contribution is -2.33. The Kier molecular flexibility index (Phi) is 5.05. The second-order valence-electron chi connectivity index (χ2n) is 3.66. The summed E-state index contributed by atoms with van der Waals surface area (Å²) < 4.78 is 0. The van der Waals surface area contributed by atoms with E-state index >= 15 is 0 Å². The number of hydrogen-bond acceptors (Lipinski definition) is 2. The predicted molar refractivity (Wildman–Crippen MR) is 67.2 cm³/mol. The molecule has 0 radical (unpaired) electrons. The molecule has 4 heteroatoms. The zero-order chi connectivity index (χ0) is 11.8. The van der Waals surface area contributed by atoms with E-state index in [0.717, 1.165) is 24.2 Å². The molecular weight excluding hydrogens is 200 g/mol. The molecular formula is C12H18N4. The van der Waals surface area contributed by atoms with Crippen LogP contribution in [0.1, 0.15) is 12.6 Å². The lowest BCUT2D eigenvalue weighted by atomic mass is 10.3. The van der Waals surface area contributed by atoms with E-state index < -0.39 is 0 Å². The summed E-state index contributed by atoms with van der Waals surface area (Å²) in [7, 11) is 0. The van der Waals surface area contributed by atoms with Crippen molar-refractivity contribution in [1.29, 1.82) is 0 Å². The quantitative estimate of drug-likeness (QED) is 0.442. The average molecular weight is 218 g/mol. The van der Waals surface area contributed by atoms with Gasteiger partial charge >= 0.3 is 0 Å². The zero-order valence-electron chi connectivity index (χ0n) is 9.61. The molecule has 3 N–H and O–H groups in total. The highest BCUT2D eigenvalue weighted by Crippen LogP contribution is 1.93. The summed E-state index contributed by atoms with van der Waals surface area (Å²) in [5.41, 5.74) is 7.70. The molecule has 4 nitrogen and oxygen atoms in total. The molecule has 0 spiro atoms. The first-order valence-corrected chi connectivity index (χ1v) is 5.26. The van der Waals surface area contributed by atoms with E-state index in [1.54, 1.807) is 6.20 Å². The Balaban J connectivity index is 2.25. The van der Waals surface area contributed by atoms with Crippen LogP contribution in [0.5, 0.6) is 0 Å². The van der Waals surface area contributed by atoms with Crippen molar-refractivity contribution in [3.63, 3.8) is 0 Å². The van der Waals surface area contributed by atoms with Gasteiger partial charge in [-0.05, 0) is 19.1 Å². The average Bonchev–Trinajstić information content (AvgIpc) is 2.28. The summed E-state index contributed by atoms with van der Waals surface area (Å²) >= 11 is 0. The minimum absolute atomic E-state index is 0.457. The molecule has 0 aliphatic rings. The molecule has 1 rings (SSSR count). The number of nitrogens with two attached hydrogens (primary N) is 1. The molecule has 1 heterocycles. The molecule has 0 aromatic carbocycles. The molecule has 0 unspecified atom stereocenters. The number of hydrogen-bond donors (Lipinski definition) is 2. The Morgan fingerprint density at radius 3 is 3.00 bits per heavy atom. The van der Waals surface area contributed by atoms with Gasteiger partial charge in [0.2, 0.25) is 0 Å². The summed E-state index contributed by atoms with van der Waals surface area (Å²) in [6.07, 6.45) is 2.62. The third-order valence-corrected chi connectivity index (χ3v) is 1.93. The van der Waals surface area contributed by atoms with Crippen LogP contribution in [0.3, 0.4) is 0 Å². The summed E-state index contributed by atoms with van der Waals surface area (Å²) in [4.78, 5) is 8.33. The maximum absolute atomic E-state index is 5.66. The standard InChI is InChI=1S/C12H18N4/c1-10(2)9-16-12(13)15-8-6-11-5-3-4-7-14-11/h3-5,7H,1,6,8-9H2,2H3,(H3,13,15,16). The topological polar surface area (TPSA) is 63.3 Å². The van der Waals surface area contributed by atoms with Crippen LogP contribution >= 0.6 is 0 Å². The van der Waals surface area contributed by atoms with Crippen molar-refractivity contribution < 1.29 is 0 Å². The van der Waals surface area contributed by atoms with Crippen molar-refractivity contribution in [3.8, 4) is 0 Å². The fourth-order valence-electron chi connectivity index (χ4n) is 1.14. The Morgan fingerprint density at radius 1 is 1.56 bits per heavy atom. The number of pyridine rings is 1. The molecule has 0 aliphatic heterocycles. The van der Waals surface area contributed by atoms with E-state index in [4.69, 9.17) is 5.73 Å². The van der Waals surface area contributed by atoms with Crippen molar-refractivity contribution >= 4 is 5.96 Å². The van der Waals surface area contributed by atoms with Gasteiger partial charge in [-0.15, -0.1) is 0 Å². The molecule has 0 atom stereocenters. The number of nitrogens with one attached hydrogen (secondary N) is 1. The minimum atomic E-state index is 0.457. The highest BCUT2D eigenvalue weighted by molar-refractivity contribution is 5.77. The lowest BCUT2D eigenvalue weighted by Gasteiger charge is -2.05. The summed E-state index contributed by atoms with van der Waals surface area (Å²) in [5, 5.41) is 3.03. The maximum Gasteiger partial charge on any atom is 0.188 e. The van der Waals surface area contributed by atoms with E-state index in [9.17, 15) is 0 Å². The van der Waals surface area contributed by atoms with E-state index in [0.29, 0.717) is 12.5 Å². The van der Waals surface area contributed by atoms with Crippen LogP contribution in [0.4, 0.5) is 0 Å². The van der Waals surface area contributed by atoms with Crippen molar-refractivity contribution in [2.24, 2.45) is 10.7 Å². The summed E-state index contributed by atoms with van der Waals surface area (Å²) in [5.74, 6) is 0.457. The number of aromatic nitrogens is 1. The molecule has 0 saturated carbocycles. The highest BCUT2D eigenvalue weighted by Gasteiger charge is 1.94. The molecule has 0 amide bonds. The number of rotatable bonds is 5. The SMILES string of the molecule is C=C(C)CN=C(N)NCCc1ccccn1. The van der Waals surface area contributed by atoms with Gasteiger partial charge < -0.3 is 11.1 Å². The van der Waals surface area contributed by atoms with Crippen molar-refractivity contribution in [3.05, 3.63) is 42.2 Å². The van der Waals surface area contributed by atoms with Crippen LogP contribution in [0.15, 0.2) is 41.5 Å². The number of guanidine groups is 1. The molecule has 1 aromatic rings. The third-order valence-electron chi connectivity index (χ3n) is 1.93. The van der Waals surface area contributed by atoms with E-state index in [1.165, 1.54) is 0 Å². The first-order valence-electron chi connectivity index (χ1n) is 5.26. The van der Waals surface area contributed by atoms with Crippen LogP contribution in [0.2, 0.25) is 0 Å². The molecule has 0 aliphatic carbocycles. The van der Waals surface area contributed by atoms with Gasteiger partial charge in [0, 0.05) is 24.9 Å². The third kappa shape index (κ3) is 5.14. The van der Waals surface area contributed by atoms with Crippen LogP contribution in [-0.2, 0) is 6.42 Å². The normalized spacial score (nSPS) is 11.2. The molecule has 1 aromatic heterocycles. The van der Waals surface area contributed by atoms with Crippen LogP contribution in [0, 0.1) is 0 Å². The molecule has 16 heavy (non-hydrogen) atoms. The first kappa shape index (κ1) is 12.2. The Hall–Kier alpha value is -1.84. The Bertz CT molecular complexity index is 357. The maximum atomic E-state index is 5.66. The number of nitrogens with zero attached hydrogens (tertiary/aromatic N) is 2. The monoisotopic (exact) mass is 218 g/mol. The van der Waals surface area contributed by atoms with Crippen LogP contribution in [-0.4, -0.2) is 24.0 Å². The Labute approximate surface area is 96.3 Å². The van der Waals surface area contributed by atoms with E-state index in [-0.39, 0.29) is 0 Å². The summed E-state index contributed by atoms with van der Waals surface area (Å²) in [6, 6.07) is 5.86. The fourth-order valence-corrected chi connectivity index (χ4v) is 1.14. The van der Waals surface area contributed by atoms with Gasteiger partial charge in [0.1, 0.15) is 0 Å². The minimum Gasteiger partial charge on any atom is -0.370 e. The first-order chi connectivity index (χ1) is 7.68. The smallest absolute Gasteiger partial charge is 0.188 e. The van der Waals surface area contributed by atoms with E-state index in [1.807, 2.05) is 25.1 Å². The zero-order valence-corrected chi connectivity index (χ0v) is 9.61. The second-order valence-corrected chi connectivity index (χ2v) is 3.66. The lowest BCUT2D eigenvalue weighted by molar-refractivity contribution is 0.831. The van der Waals surface area contributed by atoms with Crippen molar-refractivity contribution in [2.75, 3.05) is 13.1 Å². The summed E-state index contributed by atoms with van der Waals surface area (Å²) in [6.45, 7) is 6.99. The van der Waals surface area contributed by atoms with Crippen LogP contribution in [0.25, 0.3) is 0 Å². The van der Waals surface area contributed by atoms with E-state index in [2.05, 4.69) is 21.9 Å².